The lowest BCUT2D eigenvalue weighted by molar-refractivity contribution is 0.596. The third-order valence-electron chi connectivity index (χ3n) is 3.97. The molecule has 0 unspecified atom stereocenters. The summed E-state index contributed by atoms with van der Waals surface area (Å²) in [5.41, 5.74) is 2.34. The molecule has 25 heavy (non-hydrogen) atoms. The van der Waals surface area contributed by atoms with Gasteiger partial charge in [-0.1, -0.05) is 48.5 Å². The molecule has 0 aliphatic rings. The van der Waals surface area contributed by atoms with Crippen molar-refractivity contribution in [3.63, 3.8) is 0 Å². The zero-order valence-electron chi connectivity index (χ0n) is 13.0. The van der Waals surface area contributed by atoms with Crippen molar-refractivity contribution in [3.8, 4) is 11.3 Å². The van der Waals surface area contributed by atoms with E-state index >= 15 is 0 Å². The highest BCUT2D eigenvalue weighted by Crippen LogP contribution is 2.35. The number of pyridine rings is 1. The molecule has 0 amide bonds. The van der Waals surface area contributed by atoms with E-state index in [-0.39, 0.29) is 9.79 Å². The van der Waals surface area contributed by atoms with Gasteiger partial charge in [0.15, 0.2) is 0 Å². The van der Waals surface area contributed by atoms with E-state index in [1.165, 1.54) is 6.20 Å². The minimum absolute atomic E-state index is 0.224. The molecule has 1 N–H and O–H groups in total. The van der Waals surface area contributed by atoms with Crippen molar-refractivity contribution in [1.29, 1.82) is 0 Å². The highest BCUT2D eigenvalue weighted by atomic mass is 79.9. The number of nitrogens with zero attached hydrogens (tertiary/aromatic N) is 1. The molecular formula is C19H13BrN2O2S. The number of hydrogen-bond donors (Lipinski definition) is 1. The van der Waals surface area contributed by atoms with Crippen LogP contribution in [0.4, 0.5) is 0 Å². The van der Waals surface area contributed by atoms with Crippen molar-refractivity contribution >= 4 is 36.8 Å². The van der Waals surface area contributed by atoms with Gasteiger partial charge in [0.1, 0.15) is 5.65 Å². The van der Waals surface area contributed by atoms with Gasteiger partial charge in [-0.25, -0.2) is 13.4 Å². The van der Waals surface area contributed by atoms with Gasteiger partial charge in [-0.15, -0.1) is 0 Å². The van der Waals surface area contributed by atoms with Crippen LogP contribution in [-0.2, 0) is 9.84 Å². The average molecular weight is 413 g/mol. The third kappa shape index (κ3) is 2.77. The van der Waals surface area contributed by atoms with Gasteiger partial charge in [-0.3, -0.25) is 0 Å². The number of rotatable bonds is 3. The lowest BCUT2D eigenvalue weighted by Crippen LogP contribution is -2.04. The molecule has 4 aromatic rings. The molecular weight excluding hydrogens is 400 g/mol. The molecule has 0 atom stereocenters. The van der Waals surface area contributed by atoms with Crippen molar-refractivity contribution in [3.05, 3.63) is 77.4 Å². The Morgan fingerprint density at radius 3 is 2.24 bits per heavy atom. The lowest BCUT2D eigenvalue weighted by atomic mass is 10.1. The van der Waals surface area contributed by atoms with E-state index in [2.05, 4.69) is 25.9 Å². The van der Waals surface area contributed by atoms with Crippen molar-refractivity contribution in [2.24, 2.45) is 0 Å². The fourth-order valence-electron chi connectivity index (χ4n) is 2.79. The van der Waals surface area contributed by atoms with Gasteiger partial charge < -0.3 is 4.98 Å². The predicted molar refractivity (Wildman–Crippen MR) is 101 cm³/mol. The summed E-state index contributed by atoms with van der Waals surface area (Å²) in [6, 6.07) is 20.0. The smallest absolute Gasteiger partial charge is 0.208 e. The second-order valence-corrected chi connectivity index (χ2v) is 8.30. The van der Waals surface area contributed by atoms with Gasteiger partial charge in [0.25, 0.3) is 0 Å². The van der Waals surface area contributed by atoms with E-state index in [9.17, 15) is 8.42 Å². The molecule has 124 valence electrons. The Bertz CT molecular complexity index is 1150. The molecule has 4 nitrogen and oxygen atoms in total. The number of aromatic amines is 1. The summed E-state index contributed by atoms with van der Waals surface area (Å²) in [5.74, 6) is 0. The van der Waals surface area contributed by atoms with E-state index < -0.39 is 9.84 Å². The first-order valence-electron chi connectivity index (χ1n) is 7.60. The number of H-pyrrole nitrogens is 1. The second-order valence-electron chi connectivity index (χ2n) is 5.56. The van der Waals surface area contributed by atoms with Crippen LogP contribution in [0.3, 0.4) is 0 Å². The Hall–Kier alpha value is -2.44. The summed E-state index contributed by atoms with van der Waals surface area (Å²) in [6.07, 6.45) is 1.52. The molecule has 0 bridgehead atoms. The van der Waals surface area contributed by atoms with Gasteiger partial charge in [0.05, 0.1) is 14.3 Å². The van der Waals surface area contributed by atoms with Crippen LogP contribution in [0.5, 0.6) is 0 Å². The summed E-state index contributed by atoms with van der Waals surface area (Å²) in [6.45, 7) is 0. The molecule has 0 aliphatic heterocycles. The van der Waals surface area contributed by atoms with Crippen molar-refractivity contribution in [2.75, 3.05) is 0 Å². The van der Waals surface area contributed by atoms with Crippen molar-refractivity contribution < 1.29 is 8.42 Å². The number of halogens is 1. The summed E-state index contributed by atoms with van der Waals surface area (Å²) in [5, 5.41) is 0.567. The van der Waals surface area contributed by atoms with Gasteiger partial charge in [-0.05, 0) is 39.7 Å². The topological polar surface area (TPSA) is 62.8 Å². The van der Waals surface area contributed by atoms with E-state index in [0.717, 1.165) is 11.3 Å². The fraction of sp³-hybridized carbons (Fsp3) is 0. The average Bonchev–Trinajstić information content (AvgIpc) is 3.07. The highest BCUT2D eigenvalue weighted by molar-refractivity contribution is 9.10. The maximum Gasteiger partial charge on any atom is 0.208 e. The lowest BCUT2D eigenvalue weighted by Gasteiger charge is -2.07. The molecule has 0 fully saturated rings. The Morgan fingerprint density at radius 2 is 1.56 bits per heavy atom. The Kier molecular flexibility index (Phi) is 3.94. The molecule has 0 aliphatic carbocycles. The van der Waals surface area contributed by atoms with Crippen LogP contribution < -0.4 is 0 Å². The normalized spacial score (nSPS) is 11.7. The summed E-state index contributed by atoms with van der Waals surface area (Å²) in [7, 11) is -3.67. The summed E-state index contributed by atoms with van der Waals surface area (Å²) >= 11 is 3.36. The van der Waals surface area contributed by atoms with Gasteiger partial charge >= 0.3 is 0 Å². The Balaban J connectivity index is 1.98. The number of nitrogens with one attached hydrogen (secondary N) is 1. The number of sulfone groups is 1. The van der Waals surface area contributed by atoms with Crippen LogP contribution in [0, 0.1) is 0 Å². The van der Waals surface area contributed by atoms with Crippen LogP contribution in [-0.4, -0.2) is 18.4 Å². The standard InChI is InChI=1S/C19H13BrN2O2S/c20-16-12-21-19-15(11-17(22-19)13-7-3-1-4-8-13)18(16)25(23,24)14-9-5-2-6-10-14/h1-12H,(H,21,22). The maximum atomic E-state index is 13.1. The van der Waals surface area contributed by atoms with E-state index in [1.54, 1.807) is 30.3 Å². The molecule has 6 heteroatoms. The first kappa shape index (κ1) is 16.1. The molecule has 2 heterocycles. The molecule has 0 saturated carbocycles. The number of fused-ring (bicyclic) bond motifs is 1. The maximum absolute atomic E-state index is 13.1. The fourth-order valence-corrected chi connectivity index (χ4v) is 5.25. The molecule has 2 aromatic carbocycles. The molecule has 0 spiro atoms. The molecule has 2 aromatic heterocycles. The third-order valence-corrected chi connectivity index (χ3v) is 6.71. The van der Waals surface area contributed by atoms with Crippen LogP contribution in [0.2, 0.25) is 0 Å². The zero-order chi connectivity index (χ0) is 17.4. The first-order chi connectivity index (χ1) is 12.1. The van der Waals surface area contributed by atoms with Crippen LogP contribution in [0.25, 0.3) is 22.3 Å². The van der Waals surface area contributed by atoms with E-state index in [4.69, 9.17) is 0 Å². The molecule has 0 saturated heterocycles. The molecule has 4 rings (SSSR count). The monoisotopic (exact) mass is 412 g/mol. The zero-order valence-corrected chi connectivity index (χ0v) is 15.4. The van der Waals surface area contributed by atoms with Crippen LogP contribution >= 0.6 is 15.9 Å². The van der Waals surface area contributed by atoms with Gasteiger partial charge in [-0.2, -0.15) is 0 Å². The van der Waals surface area contributed by atoms with Gasteiger partial charge in [0.2, 0.25) is 9.84 Å². The number of aromatic nitrogens is 2. The first-order valence-corrected chi connectivity index (χ1v) is 9.88. The Labute approximate surface area is 153 Å². The van der Waals surface area contributed by atoms with Crippen LogP contribution in [0.15, 0.2) is 87.2 Å². The SMILES string of the molecule is O=S(=O)(c1ccccc1)c1c(Br)cnc2[nH]c(-c3ccccc3)cc12. The predicted octanol–water partition coefficient (Wildman–Crippen LogP) is 4.83. The van der Waals surface area contributed by atoms with E-state index in [1.807, 2.05) is 36.4 Å². The van der Waals surface area contributed by atoms with Crippen LogP contribution in [0.1, 0.15) is 0 Å². The quantitative estimate of drug-likeness (QED) is 0.524. The number of benzene rings is 2. The number of hydrogen-bond acceptors (Lipinski definition) is 3. The summed E-state index contributed by atoms with van der Waals surface area (Å²) in [4.78, 5) is 8.01. The van der Waals surface area contributed by atoms with Gasteiger partial charge in [0, 0.05) is 17.3 Å². The minimum Gasteiger partial charge on any atom is -0.339 e. The van der Waals surface area contributed by atoms with Crippen molar-refractivity contribution in [1.82, 2.24) is 9.97 Å². The summed E-state index contributed by atoms with van der Waals surface area (Å²) < 4.78 is 26.7. The molecule has 0 radical (unpaired) electrons. The highest BCUT2D eigenvalue weighted by Gasteiger charge is 2.25. The minimum atomic E-state index is -3.67. The van der Waals surface area contributed by atoms with Crippen molar-refractivity contribution in [2.45, 2.75) is 9.79 Å². The second kappa shape index (κ2) is 6.13. The largest absolute Gasteiger partial charge is 0.339 e. The van der Waals surface area contributed by atoms with E-state index in [0.29, 0.717) is 15.5 Å². The Morgan fingerprint density at radius 1 is 0.920 bits per heavy atom.